The van der Waals surface area contributed by atoms with Gasteiger partial charge in [0.2, 0.25) is 5.91 Å². The maximum absolute atomic E-state index is 12.4. The fraction of sp³-hybridized carbons (Fsp3) is 0.353. The molecule has 1 heterocycles. The molecule has 1 aromatic carbocycles. The Balaban J connectivity index is 1.96. The largest absolute Gasteiger partial charge is 0.325 e. The summed E-state index contributed by atoms with van der Waals surface area (Å²) in [6.45, 7) is 5.71. The molecule has 1 aromatic heterocycles. The van der Waals surface area contributed by atoms with Crippen LogP contribution in [0.25, 0.3) is 0 Å². The predicted molar refractivity (Wildman–Crippen MR) is 96.7 cm³/mol. The molecule has 1 atom stereocenters. The molecule has 22 heavy (non-hydrogen) atoms. The molecule has 2 aromatic rings. The van der Waals surface area contributed by atoms with E-state index in [1.165, 1.54) is 9.77 Å². The van der Waals surface area contributed by atoms with E-state index in [-0.39, 0.29) is 11.9 Å². The minimum absolute atomic E-state index is 0.0373. The first-order chi connectivity index (χ1) is 10.6. The quantitative estimate of drug-likeness (QED) is 0.765. The highest BCUT2D eigenvalue weighted by atomic mass is 32.2. The molecule has 1 amide bonds. The molecule has 0 radical (unpaired) electrons. The lowest BCUT2D eigenvalue weighted by Gasteiger charge is -2.26. The van der Waals surface area contributed by atoms with Crippen molar-refractivity contribution in [2.24, 2.45) is 0 Å². The van der Waals surface area contributed by atoms with E-state index >= 15 is 0 Å². The van der Waals surface area contributed by atoms with Crippen LogP contribution in [-0.4, -0.2) is 29.6 Å². The normalized spacial score (nSPS) is 12.4. The third-order valence-electron chi connectivity index (χ3n) is 3.63. The van der Waals surface area contributed by atoms with Gasteiger partial charge in [0.25, 0.3) is 0 Å². The van der Waals surface area contributed by atoms with Gasteiger partial charge in [-0.25, -0.2) is 0 Å². The first kappa shape index (κ1) is 17.1. The van der Waals surface area contributed by atoms with Crippen LogP contribution in [0.15, 0.2) is 46.7 Å². The van der Waals surface area contributed by atoms with Crippen LogP contribution >= 0.6 is 23.1 Å². The second kappa shape index (κ2) is 8.36. The van der Waals surface area contributed by atoms with Crippen LogP contribution in [0.1, 0.15) is 18.7 Å². The summed E-state index contributed by atoms with van der Waals surface area (Å²) < 4.78 is 0. The summed E-state index contributed by atoms with van der Waals surface area (Å²) in [5, 5.41) is 5.07. The number of nitrogens with one attached hydrogen (secondary N) is 1. The van der Waals surface area contributed by atoms with Crippen molar-refractivity contribution >= 4 is 34.7 Å². The highest BCUT2D eigenvalue weighted by molar-refractivity contribution is 7.98. The molecule has 0 aliphatic heterocycles. The first-order valence-corrected chi connectivity index (χ1v) is 9.45. The summed E-state index contributed by atoms with van der Waals surface area (Å²) in [6.07, 6.45) is 2.04. The molecule has 0 saturated heterocycles. The van der Waals surface area contributed by atoms with Gasteiger partial charge >= 0.3 is 0 Å². The van der Waals surface area contributed by atoms with E-state index in [4.69, 9.17) is 0 Å². The van der Waals surface area contributed by atoms with Crippen LogP contribution < -0.4 is 5.32 Å². The Morgan fingerprint density at radius 3 is 2.59 bits per heavy atom. The van der Waals surface area contributed by atoms with Crippen LogP contribution in [-0.2, 0) is 11.3 Å². The van der Waals surface area contributed by atoms with Crippen molar-refractivity contribution in [3.63, 3.8) is 0 Å². The third-order valence-corrected chi connectivity index (χ3v) is 5.23. The molecule has 0 spiro atoms. The predicted octanol–water partition coefficient (Wildman–Crippen LogP) is 4.32. The SMILES string of the molecule is CCN(Cc1cccs1)C(C)C(=O)Nc1ccc(SC)cc1. The second-order valence-electron chi connectivity index (χ2n) is 5.04. The zero-order valence-electron chi connectivity index (χ0n) is 13.2. The molecule has 0 aliphatic rings. The summed E-state index contributed by atoms with van der Waals surface area (Å²) in [5.41, 5.74) is 0.849. The van der Waals surface area contributed by atoms with Gasteiger partial charge in [0.1, 0.15) is 0 Å². The first-order valence-electron chi connectivity index (χ1n) is 7.35. The highest BCUT2D eigenvalue weighted by Gasteiger charge is 2.20. The van der Waals surface area contributed by atoms with E-state index < -0.39 is 0 Å². The lowest BCUT2D eigenvalue weighted by atomic mass is 10.2. The van der Waals surface area contributed by atoms with Crippen molar-refractivity contribution in [3.05, 3.63) is 46.7 Å². The smallest absolute Gasteiger partial charge is 0.241 e. The average molecular weight is 335 g/mol. The maximum Gasteiger partial charge on any atom is 0.241 e. The van der Waals surface area contributed by atoms with Gasteiger partial charge < -0.3 is 5.32 Å². The molecule has 1 N–H and O–H groups in total. The number of amides is 1. The number of carbonyl (C=O) groups excluding carboxylic acids is 1. The van der Waals surface area contributed by atoms with Crippen molar-refractivity contribution in [1.82, 2.24) is 4.90 Å². The number of thiophene rings is 1. The van der Waals surface area contributed by atoms with Gasteiger partial charge in [0.05, 0.1) is 6.04 Å². The fourth-order valence-corrected chi connectivity index (χ4v) is 3.35. The number of hydrogen-bond donors (Lipinski definition) is 1. The van der Waals surface area contributed by atoms with E-state index in [1.807, 2.05) is 43.5 Å². The maximum atomic E-state index is 12.4. The lowest BCUT2D eigenvalue weighted by molar-refractivity contribution is -0.120. The van der Waals surface area contributed by atoms with Crippen LogP contribution in [0.5, 0.6) is 0 Å². The van der Waals surface area contributed by atoms with E-state index in [9.17, 15) is 4.79 Å². The third kappa shape index (κ3) is 4.60. The number of anilines is 1. The molecule has 118 valence electrons. The monoisotopic (exact) mass is 334 g/mol. The van der Waals surface area contributed by atoms with Gasteiger partial charge in [-0.3, -0.25) is 9.69 Å². The van der Waals surface area contributed by atoms with Crippen molar-refractivity contribution in [2.45, 2.75) is 31.3 Å². The van der Waals surface area contributed by atoms with Gasteiger partial charge in [-0.15, -0.1) is 23.1 Å². The molecular formula is C17H22N2OS2. The second-order valence-corrected chi connectivity index (χ2v) is 6.95. The van der Waals surface area contributed by atoms with Crippen molar-refractivity contribution in [3.8, 4) is 0 Å². The Labute approximate surface area is 140 Å². The minimum Gasteiger partial charge on any atom is -0.325 e. The van der Waals surface area contributed by atoms with Crippen molar-refractivity contribution in [1.29, 1.82) is 0 Å². The molecule has 0 saturated carbocycles. The molecular weight excluding hydrogens is 312 g/mol. The highest BCUT2D eigenvalue weighted by Crippen LogP contribution is 2.18. The Hall–Kier alpha value is -1.30. The van der Waals surface area contributed by atoms with Gasteiger partial charge in [0, 0.05) is 22.0 Å². The van der Waals surface area contributed by atoms with Crippen molar-refractivity contribution in [2.75, 3.05) is 18.1 Å². The summed E-state index contributed by atoms with van der Waals surface area (Å²) in [5.74, 6) is 0.0373. The summed E-state index contributed by atoms with van der Waals surface area (Å²) in [6, 6.07) is 11.9. The van der Waals surface area contributed by atoms with E-state index in [1.54, 1.807) is 23.1 Å². The van der Waals surface area contributed by atoms with Crippen LogP contribution in [0.4, 0.5) is 5.69 Å². The topological polar surface area (TPSA) is 32.3 Å². The Morgan fingerprint density at radius 2 is 2.05 bits per heavy atom. The summed E-state index contributed by atoms with van der Waals surface area (Å²) in [7, 11) is 0. The van der Waals surface area contributed by atoms with Crippen LogP contribution in [0, 0.1) is 0 Å². The van der Waals surface area contributed by atoms with E-state index in [0.717, 1.165) is 18.8 Å². The van der Waals surface area contributed by atoms with Gasteiger partial charge in [0.15, 0.2) is 0 Å². The van der Waals surface area contributed by atoms with Crippen LogP contribution in [0.3, 0.4) is 0 Å². The standard InChI is InChI=1S/C17H22N2OS2/c1-4-19(12-16-6-5-11-22-16)13(2)17(20)18-14-7-9-15(21-3)10-8-14/h5-11,13H,4,12H2,1-3H3,(H,18,20). The Morgan fingerprint density at radius 1 is 1.32 bits per heavy atom. The molecule has 0 bridgehead atoms. The number of nitrogens with zero attached hydrogens (tertiary/aromatic N) is 1. The molecule has 0 aliphatic carbocycles. The van der Waals surface area contributed by atoms with Gasteiger partial charge in [-0.05, 0) is 55.4 Å². The van der Waals surface area contributed by atoms with Gasteiger partial charge in [-0.2, -0.15) is 0 Å². The molecule has 0 fully saturated rings. The number of carbonyl (C=O) groups is 1. The van der Waals surface area contributed by atoms with E-state index in [2.05, 4.69) is 28.6 Å². The minimum atomic E-state index is -0.160. The number of likely N-dealkylation sites (N-methyl/N-ethyl adjacent to an activating group) is 1. The number of rotatable bonds is 7. The lowest BCUT2D eigenvalue weighted by Crippen LogP contribution is -2.41. The Bertz CT molecular complexity index is 581. The summed E-state index contributed by atoms with van der Waals surface area (Å²) >= 11 is 3.42. The number of thioether (sulfide) groups is 1. The number of hydrogen-bond acceptors (Lipinski definition) is 4. The summed E-state index contributed by atoms with van der Waals surface area (Å²) in [4.78, 5) is 17.1. The molecule has 5 heteroatoms. The fourth-order valence-electron chi connectivity index (χ4n) is 2.21. The van der Waals surface area contributed by atoms with Crippen LogP contribution in [0.2, 0.25) is 0 Å². The van der Waals surface area contributed by atoms with E-state index in [0.29, 0.717) is 0 Å². The number of benzene rings is 1. The Kier molecular flexibility index (Phi) is 6.49. The zero-order chi connectivity index (χ0) is 15.9. The van der Waals surface area contributed by atoms with Gasteiger partial charge in [-0.1, -0.05) is 13.0 Å². The molecule has 1 unspecified atom stereocenters. The molecule has 3 nitrogen and oxygen atoms in total. The molecule has 2 rings (SSSR count). The zero-order valence-corrected chi connectivity index (χ0v) is 14.8. The average Bonchev–Trinajstić information content (AvgIpc) is 3.05. The van der Waals surface area contributed by atoms with Crippen molar-refractivity contribution < 1.29 is 4.79 Å².